The topological polar surface area (TPSA) is 43.4 Å². The predicted octanol–water partition coefficient (Wildman–Crippen LogP) is 1.97. The van der Waals surface area contributed by atoms with Gasteiger partial charge < -0.3 is 14.8 Å². The maximum atomic E-state index is 13.3. The Kier molecular flexibility index (Phi) is 3.77. The molecular weight excluding hydrogens is 242 g/mol. The molecule has 18 heavy (non-hydrogen) atoms. The Bertz CT molecular complexity index is 417. The number of pyridine rings is 1. The van der Waals surface area contributed by atoms with Crippen molar-refractivity contribution in [3.63, 3.8) is 0 Å². The summed E-state index contributed by atoms with van der Waals surface area (Å²) in [6.45, 7) is 5.08. The van der Waals surface area contributed by atoms with Gasteiger partial charge in [-0.3, -0.25) is 0 Å². The highest BCUT2D eigenvalue weighted by molar-refractivity contribution is 5.35. The summed E-state index contributed by atoms with van der Waals surface area (Å²) >= 11 is 0. The Hall–Kier alpha value is -1.27. The van der Waals surface area contributed by atoms with Crippen molar-refractivity contribution in [1.29, 1.82) is 0 Å². The molecule has 1 aromatic rings. The van der Waals surface area contributed by atoms with E-state index >= 15 is 0 Å². The minimum atomic E-state index is -0.721. The molecule has 0 bridgehead atoms. The average Bonchev–Trinajstić information content (AvgIpc) is 2.32. The van der Waals surface area contributed by atoms with E-state index in [2.05, 4.69) is 10.3 Å². The molecule has 0 spiro atoms. The van der Waals surface area contributed by atoms with Crippen molar-refractivity contribution in [3.05, 3.63) is 23.9 Å². The molecule has 1 atom stereocenters. The third-order valence-corrected chi connectivity index (χ3v) is 2.64. The summed E-state index contributed by atoms with van der Waals surface area (Å²) in [7, 11) is 0. The second-order valence-electron chi connectivity index (χ2n) is 4.85. The first-order chi connectivity index (χ1) is 8.46. The van der Waals surface area contributed by atoms with Crippen LogP contribution in [0.5, 0.6) is 0 Å². The van der Waals surface area contributed by atoms with Gasteiger partial charge in [0.25, 0.3) is 0 Å². The Labute approximate surface area is 104 Å². The zero-order valence-electron chi connectivity index (χ0n) is 10.4. The fourth-order valence-electron chi connectivity index (χ4n) is 1.60. The molecule has 1 aliphatic heterocycles. The van der Waals surface area contributed by atoms with Crippen LogP contribution in [-0.2, 0) is 9.47 Å². The Morgan fingerprint density at radius 1 is 1.44 bits per heavy atom. The number of nitrogens with zero attached hydrogens (tertiary/aromatic N) is 1. The van der Waals surface area contributed by atoms with Crippen LogP contribution >= 0.6 is 0 Å². The molecule has 2 rings (SSSR count). The molecule has 1 saturated heterocycles. The minimum absolute atomic E-state index is 0.108. The SMILES string of the molecule is CC1(C)CO[C@@H](CNc2nc(F)ccc2F)CO1. The third kappa shape index (κ3) is 3.36. The maximum Gasteiger partial charge on any atom is 0.214 e. The zero-order chi connectivity index (χ0) is 13.2. The van der Waals surface area contributed by atoms with Gasteiger partial charge in [-0.1, -0.05) is 0 Å². The van der Waals surface area contributed by atoms with E-state index in [-0.39, 0.29) is 17.5 Å². The number of hydrogen-bond acceptors (Lipinski definition) is 4. The van der Waals surface area contributed by atoms with Crippen LogP contribution in [-0.4, -0.2) is 36.4 Å². The molecule has 0 amide bonds. The van der Waals surface area contributed by atoms with Crippen LogP contribution < -0.4 is 5.32 Å². The van der Waals surface area contributed by atoms with E-state index in [1.54, 1.807) is 0 Å². The van der Waals surface area contributed by atoms with Crippen molar-refractivity contribution in [2.75, 3.05) is 25.1 Å². The lowest BCUT2D eigenvalue weighted by molar-refractivity contribution is -0.170. The fraction of sp³-hybridized carbons (Fsp3) is 0.583. The molecule has 6 heteroatoms. The van der Waals surface area contributed by atoms with Gasteiger partial charge in [0.2, 0.25) is 5.95 Å². The number of nitrogens with one attached hydrogen (secondary N) is 1. The molecule has 0 aliphatic carbocycles. The molecule has 0 aromatic carbocycles. The summed E-state index contributed by atoms with van der Waals surface area (Å²) in [4.78, 5) is 3.44. The first-order valence-corrected chi connectivity index (χ1v) is 5.78. The van der Waals surface area contributed by atoms with E-state index in [1.807, 2.05) is 13.8 Å². The molecule has 1 aliphatic rings. The molecule has 2 heterocycles. The lowest BCUT2D eigenvalue weighted by atomic mass is 10.1. The van der Waals surface area contributed by atoms with Gasteiger partial charge in [-0.2, -0.15) is 9.37 Å². The van der Waals surface area contributed by atoms with E-state index in [4.69, 9.17) is 9.47 Å². The minimum Gasteiger partial charge on any atom is -0.371 e. The van der Waals surface area contributed by atoms with Crippen LogP contribution in [0.1, 0.15) is 13.8 Å². The second-order valence-corrected chi connectivity index (χ2v) is 4.85. The number of hydrogen-bond donors (Lipinski definition) is 1. The van der Waals surface area contributed by atoms with Gasteiger partial charge in [-0.15, -0.1) is 0 Å². The summed E-state index contributed by atoms with van der Waals surface area (Å²) in [5, 5.41) is 2.72. The summed E-state index contributed by atoms with van der Waals surface area (Å²) < 4.78 is 37.2. The lowest BCUT2D eigenvalue weighted by Crippen LogP contribution is -2.44. The van der Waals surface area contributed by atoms with Crippen molar-refractivity contribution in [2.45, 2.75) is 25.6 Å². The molecule has 0 radical (unpaired) electrons. The van der Waals surface area contributed by atoms with E-state index in [0.717, 1.165) is 12.1 Å². The summed E-state index contributed by atoms with van der Waals surface area (Å²) in [5.41, 5.74) is -0.293. The molecule has 1 aromatic heterocycles. The molecule has 4 nitrogen and oxygen atoms in total. The second kappa shape index (κ2) is 5.16. The van der Waals surface area contributed by atoms with Crippen LogP contribution in [0.4, 0.5) is 14.6 Å². The number of anilines is 1. The summed E-state index contributed by atoms with van der Waals surface area (Å²) in [5.74, 6) is -1.42. The lowest BCUT2D eigenvalue weighted by Gasteiger charge is -2.35. The molecule has 0 unspecified atom stereocenters. The molecular formula is C12H16F2N2O2. The van der Waals surface area contributed by atoms with Gasteiger partial charge in [0, 0.05) is 6.54 Å². The highest BCUT2D eigenvalue weighted by Gasteiger charge is 2.28. The maximum absolute atomic E-state index is 13.3. The summed E-state index contributed by atoms with van der Waals surface area (Å²) in [6.07, 6.45) is -0.192. The number of rotatable bonds is 3. The van der Waals surface area contributed by atoms with Crippen molar-refractivity contribution >= 4 is 5.82 Å². The van der Waals surface area contributed by atoms with Gasteiger partial charge in [0.05, 0.1) is 24.9 Å². The Balaban J connectivity index is 1.87. The van der Waals surface area contributed by atoms with Gasteiger partial charge in [0.1, 0.15) is 0 Å². The van der Waals surface area contributed by atoms with E-state index in [0.29, 0.717) is 19.8 Å². The van der Waals surface area contributed by atoms with Crippen LogP contribution in [0.2, 0.25) is 0 Å². The number of ether oxygens (including phenoxy) is 2. The van der Waals surface area contributed by atoms with Gasteiger partial charge in [-0.25, -0.2) is 4.39 Å². The molecule has 1 N–H and O–H groups in total. The van der Waals surface area contributed by atoms with Crippen molar-refractivity contribution in [2.24, 2.45) is 0 Å². The van der Waals surface area contributed by atoms with E-state index in [1.165, 1.54) is 0 Å². The van der Waals surface area contributed by atoms with Gasteiger partial charge >= 0.3 is 0 Å². The van der Waals surface area contributed by atoms with Crippen LogP contribution in [0.25, 0.3) is 0 Å². The first kappa shape index (κ1) is 13.2. The van der Waals surface area contributed by atoms with Crippen LogP contribution in [0.3, 0.4) is 0 Å². The van der Waals surface area contributed by atoms with Crippen LogP contribution in [0, 0.1) is 11.8 Å². The molecule has 0 saturated carbocycles. The van der Waals surface area contributed by atoms with Crippen molar-refractivity contribution in [3.8, 4) is 0 Å². The third-order valence-electron chi connectivity index (χ3n) is 2.64. The monoisotopic (exact) mass is 258 g/mol. The highest BCUT2D eigenvalue weighted by atomic mass is 19.1. The quantitative estimate of drug-likeness (QED) is 0.842. The smallest absolute Gasteiger partial charge is 0.214 e. The first-order valence-electron chi connectivity index (χ1n) is 5.78. The van der Waals surface area contributed by atoms with E-state index < -0.39 is 11.8 Å². The van der Waals surface area contributed by atoms with Crippen LogP contribution in [0.15, 0.2) is 12.1 Å². The van der Waals surface area contributed by atoms with Gasteiger partial charge in [0.15, 0.2) is 11.6 Å². The van der Waals surface area contributed by atoms with E-state index in [9.17, 15) is 8.78 Å². The number of halogens is 2. The van der Waals surface area contributed by atoms with Crippen molar-refractivity contribution in [1.82, 2.24) is 4.98 Å². The molecule has 100 valence electrons. The Morgan fingerprint density at radius 2 is 2.22 bits per heavy atom. The van der Waals surface area contributed by atoms with Crippen molar-refractivity contribution < 1.29 is 18.3 Å². The summed E-state index contributed by atoms with van der Waals surface area (Å²) in [6, 6.07) is 2.01. The zero-order valence-corrected chi connectivity index (χ0v) is 10.4. The molecule has 1 fully saturated rings. The number of aromatic nitrogens is 1. The standard InChI is InChI=1S/C12H16F2N2O2/c1-12(2)7-17-8(6-18-12)5-15-11-9(13)3-4-10(14)16-11/h3-4,8H,5-7H2,1-2H3,(H,15,16)/t8-/m0/s1. The normalized spacial score (nSPS) is 22.8. The largest absolute Gasteiger partial charge is 0.371 e. The predicted molar refractivity (Wildman–Crippen MR) is 62.4 cm³/mol. The highest BCUT2D eigenvalue weighted by Crippen LogP contribution is 2.18. The fourth-order valence-corrected chi connectivity index (χ4v) is 1.60. The Morgan fingerprint density at radius 3 is 2.89 bits per heavy atom. The average molecular weight is 258 g/mol. The van der Waals surface area contributed by atoms with Gasteiger partial charge in [-0.05, 0) is 26.0 Å².